The minimum Gasteiger partial charge on any atom is -0.741 e. The number of benzene rings is 12. The molecule has 0 N–H and O–H groups in total. The van der Waals surface area contributed by atoms with Gasteiger partial charge in [-0.15, -0.1) is 0 Å². The highest BCUT2D eigenvalue weighted by atomic mass is 35.6. The third-order valence-electron chi connectivity index (χ3n) is 19.7. The second kappa shape index (κ2) is 30.6. The van der Waals surface area contributed by atoms with Crippen LogP contribution in [0.15, 0.2) is 267 Å². The van der Waals surface area contributed by atoms with E-state index in [4.69, 9.17) is 95.5 Å². The lowest BCUT2D eigenvalue weighted by Crippen LogP contribution is -2.30. The highest BCUT2D eigenvalue weighted by molar-refractivity contribution is 7.86. The summed E-state index contributed by atoms with van der Waals surface area (Å²) in [6.45, 7) is 0. The van der Waals surface area contributed by atoms with Gasteiger partial charge in [0.15, 0.2) is 28.8 Å². The number of allylic oxidation sites excluding steroid dienone is 2. The van der Waals surface area contributed by atoms with E-state index in [9.17, 15) is 26.3 Å². The van der Waals surface area contributed by atoms with Gasteiger partial charge >= 0.3 is 11.0 Å². The molecule has 0 amide bonds. The summed E-state index contributed by atoms with van der Waals surface area (Å²) in [7, 11) is -3.40. The van der Waals surface area contributed by atoms with Crippen LogP contribution in [0.2, 0.25) is 0 Å². The zero-order chi connectivity index (χ0) is 77.1. The van der Waals surface area contributed by atoms with Crippen LogP contribution in [-0.2, 0) is 34.3 Å². The lowest BCUT2D eigenvalue weighted by molar-refractivity contribution is -0.617. The van der Waals surface area contributed by atoms with Crippen LogP contribution in [0.3, 0.4) is 0 Å². The van der Waals surface area contributed by atoms with Crippen LogP contribution < -0.4 is 18.9 Å². The van der Waals surface area contributed by atoms with Gasteiger partial charge in [0.1, 0.15) is 14.1 Å². The average molecular weight is 1610 g/mol. The molecule has 108 heavy (non-hydrogen) atoms. The number of nitrogens with zero attached hydrogens (tertiary/aromatic N) is 4. The number of rotatable bonds is 4. The molecule has 0 atom stereocenters. The maximum Gasteiger partial charge on any atom is 0.485 e. The fourth-order valence-electron chi connectivity index (χ4n) is 15.6. The Hall–Kier alpha value is -9.28. The van der Waals surface area contributed by atoms with E-state index in [1.54, 1.807) is 0 Å². The summed E-state index contributed by atoms with van der Waals surface area (Å²) in [4.78, 5) is 4.72. The van der Waals surface area contributed by atoms with Crippen molar-refractivity contribution in [3.8, 4) is 0 Å². The summed E-state index contributed by atoms with van der Waals surface area (Å²) in [6, 6.07) is 98.9. The van der Waals surface area contributed by atoms with Crippen molar-refractivity contribution < 1.29 is 61.4 Å². The Morgan fingerprint density at radius 2 is 0.556 bits per heavy atom. The van der Waals surface area contributed by atoms with E-state index in [2.05, 4.69) is 314 Å². The van der Waals surface area contributed by atoms with Gasteiger partial charge in [0.25, 0.3) is 0 Å². The van der Waals surface area contributed by atoms with Crippen LogP contribution in [0.25, 0.3) is 87.4 Å². The number of aromatic nitrogens is 2. The summed E-state index contributed by atoms with van der Waals surface area (Å²) in [5.74, 6) is 0.182. The molecule has 0 bridgehead atoms. The van der Waals surface area contributed by atoms with Crippen molar-refractivity contribution in [2.24, 2.45) is 14.1 Å². The van der Waals surface area contributed by atoms with E-state index in [-0.39, 0.29) is 11.8 Å². The van der Waals surface area contributed by atoms with Gasteiger partial charge in [-0.2, -0.15) is 35.5 Å². The van der Waals surface area contributed by atoms with Gasteiger partial charge < -0.3 is 18.9 Å². The number of aryl methyl sites for hydroxylation is 2. The molecule has 14 aromatic rings. The quantitative estimate of drug-likeness (QED) is 0.0425. The first-order valence-corrected chi connectivity index (χ1v) is 38.7. The third kappa shape index (κ3) is 14.3. The number of para-hydroxylation sites is 8. The molecule has 2 aliphatic heterocycles. The third-order valence-corrected chi connectivity index (χ3v) is 20.8. The van der Waals surface area contributed by atoms with Gasteiger partial charge in [0.2, 0.25) is 22.1 Å². The summed E-state index contributed by atoms with van der Waals surface area (Å²) >= 11 is 28.8. The Labute approximate surface area is 648 Å². The standard InChI is InChI=1S/2C40H29N2.2CHCl3.2CHF3O3S/c2*1-41-32-21-7-3-15-26(32)37(27-16-4-8-22-33(27)41)39-30-19-11-13-25-14-12-20-31(36(25)30)40(39)38-28-17-5-9-23-34(28)42(2)35-24-10-6-18-29(35)38;2*2-1(3)4;2*2-1(3,4)8(5,6)7/h2*3-24,37H,1-2H3;2*1H;2*(H,5,6,7)/q2*+1;;;;/p-2. The van der Waals surface area contributed by atoms with Crippen molar-refractivity contribution in [3.05, 3.63) is 323 Å². The molecule has 4 heterocycles. The molecule has 24 heteroatoms. The lowest BCUT2D eigenvalue weighted by Gasteiger charge is -2.37. The van der Waals surface area contributed by atoms with E-state index in [1.165, 1.54) is 166 Å². The zero-order valence-electron chi connectivity index (χ0n) is 57.3. The molecule has 0 fully saturated rings. The Morgan fingerprint density at radius 1 is 0.343 bits per heavy atom. The first-order valence-electron chi connectivity index (χ1n) is 33.3. The molecular weight excluding hydrogens is 1550 g/mol. The van der Waals surface area contributed by atoms with E-state index < -0.39 is 39.8 Å². The van der Waals surface area contributed by atoms with Gasteiger partial charge in [0.05, 0.1) is 21.5 Å². The average Bonchev–Trinajstić information content (AvgIpc) is 1.51. The second-order valence-corrected chi connectivity index (χ2v) is 32.1. The van der Waals surface area contributed by atoms with Crippen molar-refractivity contribution >= 4 is 200 Å². The molecule has 18 rings (SSSR count). The van der Waals surface area contributed by atoms with Crippen molar-refractivity contribution in [3.63, 3.8) is 0 Å². The van der Waals surface area contributed by atoms with Crippen LogP contribution in [-0.4, -0.2) is 59.6 Å². The van der Waals surface area contributed by atoms with Gasteiger partial charge in [-0.25, -0.2) is 16.8 Å². The number of halogens is 12. The number of alkyl halides is 12. The number of hydrogen-bond donors (Lipinski definition) is 0. The van der Waals surface area contributed by atoms with Crippen LogP contribution >= 0.6 is 69.6 Å². The molecule has 548 valence electrons. The summed E-state index contributed by atoms with van der Waals surface area (Å²) in [6.07, 6.45) is 0. The van der Waals surface area contributed by atoms with E-state index in [0.717, 1.165) is 0 Å². The van der Waals surface area contributed by atoms with Gasteiger partial charge in [-0.3, -0.25) is 0 Å². The van der Waals surface area contributed by atoms with Crippen LogP contribution in [0.4, 0.5) is 49.1 Å². The van der Waals surface area contributed by atoms with Crippen LogP contribution in [0.1, 0.15) is 67.5 Å². The predicted molar refractivity (Wildman–Crippen MR) is 425 cm³/mol. The fourth-order valence-corrected chi connectivity index (χ4v) is 15.6. The first kappa shape index (κ1) is 76.9. The molecule has 10 nitrogen and oxygen atoms in total. The Kier molecular flexibility index (Phi) is 21.8. The van der Waals surface area contributed by atoms with Crippen molar-refractivity contribution in [1.82, 2.24) is 0 Å². The molecule has 4 aliphatic rings. The summed E-state index contributed by atoms with van der Waals surface area (Å²) < 4.78 is 121. The molecule has 12 aromatic carbocycles. The molecule has 0 saturated carbocycles. The molecule has 2 aromatic heterocycles. The minimum absolute atomic E-state index is 0.0908. The number of hydrogen-bond acceptors (Lipinski definition) is 8. The maximum absolute atomic E-state index is 10.7. The van der Waals surface area contributed by atoms with Gasteiger partial charge in [-0.1, -0.05) is 264 Å². The Morgan fingerprint density at radius 3 is 0.796 bits per heavy atom. The SMILES string of the molecule is CN1c2ccccc2C(C2=C(c3c4ccccc4[n+](C)c4ccccc34)c3cccc4cccc2c34)c2ccccc21.CN1c2ccccc2C(C2=C(c3c4ccccc4[n+](C)c4ccccc34)c3cccc4cccc2c34)c2ccccc21.ClC(Cl)Cl.ClC(Cl)Cl.O=S(=O)([O-])C(F)(F)F.O=S(=O)([O-])C(F)(F)F. The molecule has 0 radical (unpaired) electrons. The molecule has 0 spiro atoms. The molecular formula is C84H60Cl6F6N4O6S2. The monoisotopic (exact) mass is 1610 g/mol. The predicted octanol–water partition coefficient (Wildman–Crippen LogP) is 22.4. The molecule has 2 aliphatic carbocycles. The number of anilines is 4. The normalized spacial score (nSPS) is 13.8. The van der Waals surface area contributed by atoms with Crippen LogP contribution in [0, 0.1) is 0 Å². The summed E-state index contributed by atoms with van der Waals surface area (Å²) in [5, 5.41) is 10.4. The van der Waals surface area contributed by atoms with Crippen molar-refractivity contribution in [1.29, 1.82) is 0 Å². The topological polar surface area (TPSA) is 129 Å². The molecule has 0 unspecified atom stereocenters. The van der Waals surface area contributed by atoms with Crippen LogP contribution in [0.5, 0.6) is 0 Å². The Bertz CT molecular complexity index is 5620. The summed E-state index contributed by atoms with van der Waals surface area (Å²) in [5.41, 5.74) is 17.7. The highest BCUT2D eigenvalue weighted by Crippen LogP contribution is 2.60. The highest BCUT2D eigenvalue weighted by Gasteiger charge is 2.42. The zero-order valence-corrected chi connectivity index (χ0v) is 63.5. The molecule has 0 saturated heterocycles. The second-order valence-electron chi connectivity index (χ2n) is 25.4. The van der Waals surface area contributed by atoms with E-state index in [0.29, 0.717) is 0 Å². The maximum atomic E-state index is 10.7. The van der Waals surface area contributed by atoms with Gasteiger partial charge in [-0.05, 0) is 137 Å². The van der Waals surface area contributed by atoms with Crippen molar-refractivity contribution in [2.75, 3.05) is 23.9 Å². The number of pyridine rings is 2. The van der Waals surface area contributed by atoms with E-state index in [1.807, 2.05) is 0 Å². The number of fused-ring (bicyclic) bond motifs is 8. The van der Waals surface area contributed by atoms with Gasteiger partial charge in [0, 0.05) is 84.1 Å². The fraction of sp³-hybridized carbons (Fsp3) is 0.119. The lowest BCUT2D eigenvalue weighted by atomic mass is 9.76. The first-order chi connectivity index (χ1) is 51.4. The largest absolute Gasteiger partial charge is 0.741 e. The van der Waals surface area contributed by atoms with E-state index >= 15 is 0 Å². The minimum atomic E-state index is -6.09. The smallest absolute Gasteiger partial charge is 0.485 e. The Balaban J connectivity index is 0.000000147. The van der Waals surface area contributed by atoms with Crippen molar-refractivity contribution in [2.45, 2.75) is 31.4 Å².